The van der Waals surface area contributed by atoms with E-state index in [1.807, 2.05) is 24.3 Å². The maximum Gasteiger partial charge on any atom is 0.165 e. The quantitative estimate of drug-likeness (QED) is 0.114. The maximum absolute atomic E-state index is 13.7. The van der Waals surface area contributed by atoms with Gasteiger partial charge in [0.25, 0.3) is 0 Å². The zero-order valence-electron chi connectivity index (χ0n) is 20.9. The molecule has 4 rings (SSSR count). The number of nitrogens with zero attached hydrogens (tertiary/aromatic N) is 2. The molecule has 0 radical (unpaired) electrons. The molecule has 0 N–H and O–H groups in total. The standard InChI is InChI=1S/C30H34F2N2O2/c1-2-3-17-36-33-20-25-19-26(29(35)16-14-22-13-15-27(31)28(32)18-22)30(24-11-7-8-12-24)34(25)21-23-9-5-4-6-10-23/h4-6,9-10,13,15,18-20,24H,2-3,7-8,11-12,14,16-17,21H2,1H3/b33-20-. The highest BCUT2D eigenvalue weighted by molar-refractivity contribution is 5.99. The molecule has 0 atom stereocenters. The predicted octanol–water partition coefficient (Wildman–Crippen LogP) is 7.44. The van der Waals surface area contributed by atoms with E-state index in [4.69, 9.17) is 4.84 Å². The van der Waals surface area contributed by atoms with Gasteiger partial charge in [-0.2, -0.15) is 0 Å². The van der Waals surface area contributed by atoms with E-state index in [0.717, 1.165) is 61.5 Å². The van der Waals surface area contributed by atoms with Gasteiger partial charge in [0.05, 0.1) is 11.9 Å². The van der Waals surface area contributed by atoms with Crippen LogP contribution in [-0.4, -0.2) is 23.2 Å². The monoisotopic (exact) mass is 492 g/mol. The molecule has 0 aliphatic heterocycles. The lowest BCUT2D eigenvalue weighted by molar-refractivity contribution is 0.0981. The van der Waals surface area contributed by atoms with Crippen LogP contribution in [0.3, 0.4) is 0 Å². The van der Waals surface area contributed by atoms with E-state index in [9.17, 15) is 13.6 Å². The van der Waals surface area contributed by atoms with Crippen LogP contribution in [-0.2, 0) is 17.8 Å². The third-order valence-corrected chi connectivity index (χ3v) is 6.87. The normalized spacial score (nSPS) is 14.1. The van der Waals surface area contributed by atoms with Gasteiger partial charge in [0.2, 0.25) is 0 Å². The molecule has 0 saturated heterocycles. The lowest BCUT2D eigenvalue weighted by atomic mass is 9.95. The number of rotatable bonds is 12. The molecule has 2 aromatic carbocycles. The fourth-order valence-corrected chi connectivity index (χ4v) is 4.94. The van der Waals surface area contributed by atoms with Gasteiger partial charge in [-0.05, 0) is 60.9 Å². The molecule has 6 heteroatoms. The Kier molecular flexibility index (Phi) is 9.04. The van der Waals surface area contributed by atoms with Crippen LogP contribution in [0.4, 0.5) is 8.78 Å². The van der Waals surface area contributed by atoms with Gasteiger partial charge in [-0.3, -0.25) is 4.79 Å². The van der Waals surface area contributed by atoms with Crippen LogP contribution in [0.2, 0.25) is 0 Å². The van der Waals surface area contributed by atoms with Crippen LogP contribution in [0.5, 0.6) is 0 Å². The molecule has 1 heterocycles. The highest BCUT2D eigenvalue weighted by Gasteiger charge is 2.28. The summed E-state index contributed by atoms with van der Waals surface area (Å²) in [6.07, 6.45) is 8.64. The number of carbonyl (C=O) groups is 1. The number of aromatic nitrogens is 1. The molecule has 190 valence electrons. The van der Waals surface area contributed by atoms with Crippen molar-refractivity contribution in [1.29, 1.82) is 0 Å². The van der Waals surface area contributed by atoms with Gasteiger partial charge in [-0.1, -0.05) is 67.7 Å². The SMILES string of the molecule is CCCCO/N=C\c1cc(C(=O)CCc2ccc(F)c(F)c2)c(C2CCCC2)n1Cc1ccccc1. The summed E-state index contributed by atoms with van der Waals surface area (Å²) < 4.78 is 29.2. The fraction of sp³-hybridized carbons (Fsp3) is 0.400. The summed E-state index contributed by atoms with van der Waals surface area (Å²) in [5.74, 6) is -1.45. The van der Waals surface area contributed by atoms with E-state index >= 15 is 0 Å². The van der Waals surface area contributed by atoms with Crippen molar-refractivity contribution in [2.75, 3.05) is 6.61 Å². The number of hydrogen-bond donors (Lipinski definition) is 0. The molecule has 3 aromatic rings. The second kappa shape index (κ2) is 12.6. The van der Waals surface area contributed by atoms with Crippen molar-refractivity contribution in [3.63, 3.8) is 0 Å². The van der Waals surface area contributed by atoms with Crippen molar-refractivity contribution in [1.82, 2.24) is 4.57 Å². The summed E-state index contributed by atoms with van der Waals surface area (Å²) in [5.41, 5.74) is 4.36. The highest BCUT2D eigenvalue weighted by Crippen LogP contribution is 2.38. The molecule has 1 aliphatic rings. The average molecular weight is 493 g/mol. The Morgan fingerprint density at radius 1 is 1.06 bits per heavy atom. The Bertz CT molecular complexity index is 1180. The molecule has 0 amide bonds. The molecular weight excluding hydrogens is 458 g/mol. The molecule has 36 heavy (non-hydrogen) atoms. The van der Waals surface area contributed by atoms with Crippen LogP contribution < -0.4 is 0 Å². The second-order valence-corrected chi connectivity index (χ2v) is 9.51. The molecule has 0 unspecified atom stereocenters. The van der Waals surface area contributed by atoms with Crippen LogP contribution >= 0.6 is 0 Å². The Hall–Kier alpha value is -3.28. The van der Waals surface area contributed by atoms with Crippen molar-refractivity contribution in [2.45, 2.75) is 70.8 Å². The summed E-state index contributed by atoms with van der Waals surface area (Å²) in [6, 6.07) is 16.0. The minimum absolute atomic E-state index is 0.00926. The van der Waals surface area contributed by atoms with E-state index in [0.29, 0.717) is 36.6 Å². The van der Waals surface area contributed by atoms with E-state index < -0.39 is 11.6 Å². The lowest BCUT2D eigenvalue weighted by Crippen LogP contribution is -2.13. The zero-order chi connectivity index (χ0) is 25.3. The average Bonchev–Trinajstić information content (AvgIpc) is 3.53. The first-order chi connectivity index (χ1) is 17.6. The van der Waals surface area contributed by atoms with Crippen LogP contribution in [0.15, 0.2) is 59.8 Å². The van der Waals surface area contributed by atoms with E-state index in [1.54, 1.807) is 6.21 Å². The van der Waals surface area contributed by atoms with Crippen LogP contribution in [0.1, 0.15) is 90.7 Å². The molecule has 0 bridgehead atoms. The Morgan fingerprint density at radius 2 is 1.83 bits per heavy atom. The van der Waals surface area contributed by atoms with Gasteiger partial charge in [0, 0.05) is 24.2 Å². The van der Waals surface area contributed by atoms with Crippen LogP contribution in [0, 0.1) is 11.6 Å². The van der Waals surface area contributed by atoms with Gasteiger partial charge in [-0.15, -0.1) is 0 Å². The van der Waals surface area contributed by atoms with Crippen molar-refractivity contribution < 1.29 is 18.4 Å². The summed E-state index contributed by atoms with van der Waals surface area (Å²) in [4.78, 5) is 19.0. The van der Waals surface area contributed by atoms with Crippen molar-refractivity contribution in [2.24, 2.45) is 5.16 Å². The summed E-state index contributed by atoms with van der Waals surface area (Å²) in [7, 11) is 0. The van der Waals surface area contributed by atoms with Gasteiger partial charge in [0.1, 0.15) is 6.61 Å². The number of benzene rings is 2. The molecule has 1 saturated carbocycles. The van der Waals surface area contributed by atoms with Gasteiger partial charge in [-0.25, -0.2) is 8.78 Å². The number of aryl methyl sites for hydroxylation is 1. The number of hydrogen-bond acceptors (Lipinski definition) is 3. The summed E-state index contributed by atoms with van der Waals surface area (Å²) >= 11 is 0. The Balaban J connectivity index is 1.66. The number of Topliss-reactive ketones (excluding diaryl/α,β-unsaturated/α-hetero) is 1. The third-order valence-electron chi connectivity index (χ3n) is 6.87. The minimum Gasteiger partial charge on any atom is -0.396 e. The summed E-state index contributed by atoms with van der Waals surface area (Å²) in [5, 5.41) is 4.20. The van der Waals surface area contributed by atoms with E-state index in [1.165, 1.54) is 12.1 Å². The van der Waals surface area contributed by atoms with E-state index in [-0.39, 0.29) is 12.2 Å². The van der Waals surface area contributed by atoms with Gasteiger partial charge < -0.3 is 9.40 Å². The lowest BCUT2D eigenvalue weighted by Gasteiger charge is -2.18. The third kappa shape index (κ3) is 6.48. The van der Waals surface area contributed by atoms with Crippen molar-refractivity contribution in [3.05, 3.63) is 94.3 Å². The Labute approximate surface area is 212 Å². The molecule has 4 nitrogen and oxygen atoms in total. The Morgan fingerprint density at radius 3 is 2.56 bits per heavy atom. The summed E-state index contributed by atoms with van der Waals surface area (Å²) in [6.45, 7) is 3.30. The molecular formula is C30H34F2N2O2. The largest absolute Gasteiger partial charge is 0.396 e. The highest BCUT2D eigenvalue weighted by atomic mass is 19.2. The van der Waals surface area contributed by atoms with E-state index in [2.05, 4.69) is 28.8 Å². The number of carbonyl (C=O) groups excluding carboxylic acids is 1. The number of halogens is 2. The molecule has 1 aromatic heterocycles. The molecule has 1 fully saturated rings. The first-order valence-electron chi connectivity index (χ1n) is 13.0. The first-order valence-corrected chi connectivity index (χ1v) is 13.0. The zero-order valence-corrected chi connectivity index (χ0v) is 20.9. The number of oxime groups is 1. The maximum atomic E-state index is 13.7. The predicted molar refractivity (Wildman–Crippen MR) is 139 cm³/mol. The smallest absolute Gasteiger partial charge is 0.165 e. The topological polar surface area (TPSA) is 43.6 Å². The van der Waals surface area contributed by atoms with Crippen molar-refractivity contribution >= 4 is 12.0 Å². The fourth-order valence-electron chi connectivity index (χ4n) is 4.94. The first kappa shape index (κ1) is 25.8. The molecule has 1 aliphatic carbocycles. The molecule has 0 spiro atoms. The number of ketones is 1. The van der Waals surface area contributed by atoms with Gasteiger partial charge in [0.15, 0.2) is 17.4 Å². The minimum atomic E-state index is -0.887. The van der Waals surface area contributed by atoms with Crippen molar-refractivity contribution in [3.8, 4) is 0 Å². The van der Waals surface area contributed by atoms with Gasteiger partial charge >= 0.3 is 0 Å². The number of unbranched alkanes of at least 4 members (excludes halogenated alkanes) is 1. The second-order valence-electron chi connectivity index (χ2n) is 9.51. The van der Waals surface area contributed by atoms with Crippen LogP contribution in [0.25, 0.3) is 0 Å².